The van der Waals surface area contributed by atoms with Gasteiger partial charge in [0.25, 0.3) is 0 Å². The molecule has 1 rings (SSSR count). The number of likely N-dealkylation sites (N-methyl/N-ethyl adjacent to an activating group) is 1. The van der Waals surface area contributed by atoms with Gasteiger partial charge in [0.05, 0.1) is 19.7 Å². The minimum absolute atomic E-state index is 0.0707. The molecule has 1 unspecified atom stereocenters. The van der Waals surface area contributed by atoms with E-state index in [9.17, 15) is 4.79 Å². The maximum absolute atomic E-state index is 11.1. The Morgan fingerprint density at radius 1 is 1.44 bits per heavy atom. The van der Waals surface area contributed by atoms with E-state index in [0.717, 1.165) is 11.3 Å². The van der Waals surface area contributed by atoms with E-state index < -0.39 is 0 Å². The molecule has 0 bridgehead atoms. The number of para-hydroxylation sites is 1. The van der Waals surface area contributed by atoms with Crippen molar-refractivity contribution in [1.82, 2.24) is 4.90 Å². The predicted molar refractivity (Wildman–Crippen MR) is 71.2 cm³/mol. The number of benzene rings is 1. The lowest BCUT2D eigenvalue weighted by Crippen LogP contribution is -2.39. The number of methoxy groups -OCH3 is 1. The van der Waals surface area contributed by atoms with Gasteiger partial charge in [-0.15, -0.1) is 0 Å². The highest BCUT2D eigenvalue weighted by Gasteiger charge is 2.21. The van der Waals surface area contributed by atoms with E-state index in [0.29, 0.717) is 13.1 Å². The van der Waals surface area contributed by atoms with Crippen molar-refractivity contribution in [2.24, 2.45) is 11.5 Å². The van der Waals surface area contributed by atoms with Crippen LogP contribution >= 0.6 is 0 Å². The van der Waals surface area contributed by atoms with Gasteiger partial charge < -0.3 is 16.2 Å². The molecule has 5 heteroatoms. The standard InChI is InChI=1S/C13H21N3O2/c1-3-16(9-13(15)17)11(8-14)10-6-4-5-7-12(10)18-2/h4-7,11H,3,8-9,14H2,1-2H3,(H2,15,17). The van der Waals surface area contributed by atoms with Gasteiger partial charge in [0, 0.05) is 12.1 Å². The molecule has 1 aromatic carbocycles. The zero-order valence-corrected chi connectivity index (χ0v) is 10.9. The lowest BCUT2D eigenvalue weighted by Gasteiger charge is -2.29. The SMILES string of the molecule is CCN(CC(N)=O)C(CN)c1ccccc1OC. The van der Waals surface area contributed by atoms with Crippen molar-refractivity contribution < 1.29 is 9.53 Å². The summed E-state index contributed by atoms with van der Waals surface area (Å²) >= 11 is 0. The molecule has 18 heavy (non-hydrogen) atoms. The first-order chi connectivity index (χ1) is 8.63. The molecule has 1 atom stereocenters. The average Bonchev–Trinajstić information content (AvgIpc) is 2.38. The highest BCUT2D eigenvalue weighted by atomic mass is 16.5. The largest absolute Gasteiger partial charge is 0.496 e. The van der Waals surface area contributed by atoms with Gasteiger partial charge in [-0.05, 0) is 12.6 Å². The molecule has 1 amide bonds. The van der Waals surface area contributed by atoms with E-state index in [2.05, 4.69) is 0 Å². The third kappa shape index (κ3) is 3.45. The van der Waals surface area contributed by atoms with Crippen LogP contribution in [0, 0.1) is 0 Å². The van der Waals surface area contributed by atoms with E-state index in [1.165, 1.54) is 0 Å². The number of amides is 1. The van der Waals surface area contributed by atoms with Crippen LogP contribution in [0.5, 0.6) is 5.75 Å². The maximum atomic E-state index is 11.1. The topological polar surface area (TPSA) is 81.6 Å². The number of primary amides is 1. The summed E-state index contributed by atoms with van der Waals surface area (Å²) in [6.45, 7) is 3.27. The van der Waals surface area contributed by atoms with Gasteiger partial charge in [-0.25, -0.2) is 0 Å². The molecule has 0 saturated carbocycles. The Morgan fingerprint density at radius 3 is 2.61 bits per heavy atom. The van der Waals surface area contributed by atoms with Gasteiger partial charge >= 0.3 is 0 Å². The van der Waals surface area contributed by atoms with E-state index in [1.54, 1.807) is 7.11 Å². The van der Waals surface area contributed by atoms with Crippen molar-refractivity contribution in [2.45, 2.75) is 13.0 Å². The first-order valence-corrected chi connectivity index (χ1v) is 5.99. The summed E-state index contributed by atoms with van der Waals surface area (Å²) in [5.41, 5.74) is 12.1. The fraction of sp³-hybridized carbons (Fsp3) is 0.462. The van der Waals surface area contributed by atoms with Crippen molar-refractivity contribution in [3.63, 3.8) is 0 Å². The summed E-state index contributed by atoms with van der Waals surface area (Å²) in [5, 5.41) is 0. The van der Waals surface area contributed by atoms with Crippen molar-refractivity contribution in [3.8, 4) is 5.75 Å². The molecule has 4 N–H and O–H groups in total. The number of hydrogen-bond acceptors (Lipinski definition) is 4. The van der Waals surface area contributed by atoms with E-state index in [1.807, 2.05) is 36.1 Å². The van der Waals surface area contributed by atoms with E-state index in [4.69, 9.17) is 16.2 Å². The van der Waals surface area contributed by atoms with Crippen LogP contribution in [0.25, 0.3) is 0 Å². The smallest absolute Gasteiger partial charge is 0.231 e. The van der Waals surface area contributed by atoms with Crippen LogP contribution in [0.2, 0.25) is 0 Å². The Balaban J connectivity index is 3.03. The van der Waals surface area contributed by atoms with Crippen LogP contribution in [-0.2, 0) is 4.79 Å². The Morgan fingerprint density at radius 2 is 2.11 bits per heavy atom. The van der Waals surface area contributed by atoms with Crippen LogP contribution in [0.3, 0.4) is 0 Å². The predicted octanol–water partition coefficient (Wildman–Crippen LogP) is 0.502. The number of rotatable bonds is 7. The third-order valence-corrected chi connectivity index (χ3v) is 2.93. The van der Waals surface area contributed by atoms with Gasteiger partial charge in [0.1, 0.15) is 5.75 Å². The van der Waals surface area contributed by atoms with Gasteiger partial charge in [0.15, 0.2) is 0 Å². The Bertz CT molecular complexity index is 396. The third-order valence-electron chi connectivity index (χ3n) is 2.93. The summed E-state index contributed by atoms with van der Waals surface area (Å²) in [6, 6.07) is 7.60. The zero-order valence-electron chi connectivity index (χ0n) is 10.9. The lowest BCUT2D eigenvalue weighted by molar-refractivity contribution is -0.119. The zero-order chi connectivity index (χ0) is 13.5. The molecule has 5 nitrogen and oxygen atoms in total. The minimum atomic E-state index is -0.356. The number of carbonyl (C=O) groups excluding carboxylic acids is 1. The summed E-state index contributed by atoms with van der Waals surface area (Å²) in [5.74, 6) is 0.418. The van der Waals surface area contributed by atoms with Crippen molar-refractivity contribution in [1.29, 1.82) is 0 Å². The molecule has 0 aromatic heterocycles. The van der Waals surface area contributed by atoms with Gasteiger partial charge in [0.2, 0.25) is 5.91 Å². The Hall–Kier alpha value is -1.59. The fourth-order valence-electron chi connectivity index (χ4n) is 2.06. The second-order valence-corrected chi connectivity index (χ2v) is 4.02. The van der Waals surface area contributed by atoms with Crippen molar-refractivity contribution >= 4 is 5.91 Å². The molecular formula is C13H21N3O2. The monoisotopic (exact) mass is 251 g/mol. The molecule has 0 fully saturated rings. The van der Waals surface area contributed by atoms with Gasteiger partial charge in [-0.3, -0.25) is 9.69 Å². The quantitative estimate of drug-likeness (QED) is 0.739. The molecule has 0 aliphatic heterocycles. The molecule has 0 heterocycles. The summed E-state index contributed by atoms with van der Waals surface area (Å²) in [4.78, 5) is 13.0. The summed E-state index contributed by atoms with van der Waals surface area (Å²) in [6.07, 6.45) is 0. The summed E-state index contributed by atoms with van der Waals surface area (Å²) < 4.78 is 5.33. The first-order valence-electron chi connectivity index (χ1n) is 5.99. The molecule has 0 saturated heterocycles. The van der Waals surface area contributed by atoms with Gasteiger partial charge in [-0.2, -0.15) is 0 Å². The van der Waals surface area contributed by atoms with Crippen LogP contribution in [0.15, 0.2) is 24.3 Å². The maximum Gasteiger partial charge on any atom is 0.231 e. The molecule has 100 valence electrons. The van der Waals surface area contributed by atoms with Crippen molar-refractivity contribution in [3.05, 3.63) is 29.8 Å². The van der Waals surface area contributed by atoms with Crippen LogP contribution in [0.1, 0.15) is 18.5 Å². The van der Waals surface area contributed by atoms with Crippen LogP contribution < -0.4 is 16.2 Å². The molecule has 0 radical (unpaired) electrons. The molecule has 0 aliphatic carbocycles. The second kappa shape index (κ2) is 6.98. The molecular weight excluding hydrogens is 230 g/mol. The Labute approximate surface area is 108 Å². The molecule has 0 aliphatic rings. The number of ether oxygens (including phenoxy) is 1. The fourth-order valence-corrected chi connectivity index (χ4v) is 2.06. The van der Waals surface area contributed by atoms with Crippen LogP contribution in [-0.4, -0.2) is 37.6 Å². The first kappa shape index (κ1) is 14.5. The summed E-state index contributed by atoms with van der Waals surface area (Å²) in [7, 11) is 1.62. The number of carbonyl (C=O) groups is 1. The number of hydrogen-bond donors (Lipinski definition) is 2. The number of nitrogens with zero attached hydrogens (tertiary/aromatic N) is 1. The van der Waals surface area contributed by atoms with Crippen molar-refractivity contribution in [2.75, 3.05) is 26.7 Å². The number of nitrogens with two attached hydrogens (primary N) is 2. The van der Waals surface area contributed by atoms with Crippen LogP contribution in [0.4, 0.5) is 0 Å². The molecule has 0 spiro atoms. The highest BCUT2D eigenvalue weighted by molar-refractivity contribution is 5.76. The van der Waals surface area contributed by atoms with E-state index in [-0.39, 0.29) is 18.5 Å². The van der Waals surface area contributed by atoms with E-state index >= 15 is 0 Å². The van der Waals surface area contributed by atoms with Gasteiger partial charge in [-0.1, -0.05) is 25.1 Å². The minimum Gasteiger partial charge on any atom is -0.496 e. The lowest BCUT2D eigenvalue weighted by atomic mass is 10.0. The second-order valence-electron chi connectivity index (χ2n) is 4.02. The average molecular weight is 251 g/mol. The highest BCUT2D eigenvalue weighted by Crippen LogP contribution is 2.28. The Kier molecular flexibility index (Phi) is 5.61. The molecule has 1 aromatic rings. The normalized spacial score (nSPS) is 12.4.